The van der Waals surface area contributed by atoms with E-state index in [1.54, 1.807) is 6.20 Å². The van der Waals surface area contributed by atoms with Gasteiger partial charge < -0.3 is 4.74 Å². The minimum absolute atomic E-state index is 0.0305. The van der Waals surface area contributed by atoms with Gasteiger partial charge in [0.2, 0.25) is 0 Å². The molecule has 5 nitrogen and oxygen atoms in total. The van der Waals surface area contributed by atoms with Gasteiger partial charge in [-0.2, -0.15) is 13.2 Å². The van der Waals surface area contributed by atoms with Gasteiger partial charge in [-0.1, -0.05) is 19.1 Å². The molecule has 1 aromatic heterocycles. The van der Waals surface area contributed by atoms with Crippen molar-refractivity contribution in [1.29, 1.82) is 0 Å². The van der Waals surface area contributed by atoms with Crippen LogP contribution in [0.2, 0.25) is 0 Å². The molecular formula is C15H25F3N4O. The van der Waals surface area contributed by atoms with E-state index in [1.165, 1.54) is 18.5 Å². The van der Waals surface area contributed by atoms with Gasteiger partial charge in [0.15, 0.2) is 0 Å². The Morgan fingerprint density at radius 2 is 1.74 bits per heavy atom. The second-order valence-corrected chi connectivity index (χ2v) is 7.16. The molecule has 0 saturated carbocycles. The number of rotatable bonds is 5. The Hall–Kier alpha value is -1.15. The number of aryl methyl sites for hydroxylation is 1. The summed E-state index contributed by atoms with van der Waals surface area (Å²) in [5.74, 6) is 0. The van der Waals surface area contributed by atoms with Crippen molar-refractivity contribution < 1.29 is 17.9 Å². The molecule has 0 spiro atoms. The molecule has 1 saturated heterocycles. The molecule has 1 aliphatic rings. The lowest BCUT2D eigenvalue weighted by Crippen LogP contribution is -2.48. The standard InChI is InChI=1S/C15H25F3N4O/c1-13(2,15(16,17)18)5-6-22-11-12(19-20-22)14(3,4)21-7-9-23-10-8-21/h11H,5-10H2,1-4H3. The number of hydrogen-bond acceptors (Lipinski definition) is 4. The minimum atomic E-state index is -4.22. The second-order valence-electron chi connectivity index (χ2n) is 7.16. The first kappa shape index (κ1) is 18.2. The van der Waals surface area contributed by atoms with Crippen LogP contribution in [0, 0.1) is 5.41 Å². The van der Waals surface area contributed by atoms with Gasteiger partial charge in [-0.15, -0.1) is 5.10 Å². The zero-order valence-corrected chi connectivity index (χ0v) is 14.2. The van der Waals surface area contributed by atoms with Crippen LogP contribution in [0.25, 0.3) is 0 Å². The van der Waals surface area contributed by atoms with Crippen LogP contribution < -0.4 is 0 Å². The summed E-state index contributed by atoms with van der Waals surface area (Å²) in [6.45, 7) is 9.68. The maximum Gasteiger partial charge on any atom is 0.394 e. The molecule has 132 valence electrons. The van der Waals surface area contributed by atoms with Gasteiger partial charge in [-0.05, 0) is 20.3 Å². The van der Waals surface area contributed by atoms with Crippen LogP contribution in [0.4, 0.5) is 13.2 Å². The molecule has 2 rings (SSSR count). The summed E-state index contributed by atoms with van der Waals surface area (Å²) in [7, 11) is 0. The van der Waals surface area contributed by atoms with Gasteiger partial charge in [-0.25, -0.2) is 0 Å². The van der Waals surface area contributed by atoms with E-state index in [-0.39, 0.29) is 18.5 Å². The van der Waals surface area contributed by atoms with Crippen molar-refractivity contribution in [3.63, 3.8) is 0 Å². The fourth-order valence-corrected chi connectivity index (χ4v) is 2.51. The van der Waals surface area contributed by atoms with Crippen LogP contribution in [0.5, 0.6) is 0 Å². The molecule has 0 aromatic carbocycles. The monoisotopic (exact) mass is 334 g/mol. The third-order valence-corrected chi connectivity index (χ3v) is 4.70. The zero-order valence-electron chi connectivity index (χ0n) is 14.2. The first-order chi connectivity index (χ1) is 10.5. The lowest BCUT2D eigenvalue weighted by Gasteiger charge is -2.39. The van der Waals surface area contributed by atoms with Crippen molar-refractivity contribution in [3.05, 3.63) is 11.9 Å². The first-order valence-electron chi connectivity index (χ1n) is 7.84. The maximum absolute atomic E-state index is 12.9. The number of hydrogen-bond donors (Lipinski definition) is 0. The smallest absolute Gasteiger partial charge is 0.379 e. The number of halogens is 3. The highest BCUT2D eigenvalue weighted by atomic mass is 19.4. The van der Waals surface area contributed by atoms with Gasteiger partial charge in [0.25, 0.3) is 0 Å². The summed E-state index contributed by atoms with van der Waals surface area (Å²) in [5, 5.41) is 8.18. The molecule has 8 heteroatoms. The number of alkyl halides is 3. The number of morpholine rings is 1. The molecular weight excluding hydrogens is 309 g/mol. The van der Waals surface area contributed by atoms with Gasteiger partial charge in [-0.3, -0.25) is 9.58 Å². The van der Waals surface area contributed by atoms with Gasteiger partial charge in [0.05, 0.1) is 30.4 Å². The van der Waals surface area contributed by atoms with Crippen LogP contribution in [0.3, 0.4) is 0 Å². The zero-order chi connectivity index (χ0) is 17.3. The Morgan fingerprint density at radius 3 is 2.30 bits per heavy atom. The molecule has 0 unspecified atom stereocenters. The summed E-state index contributed by atoms with van der Waals surface area (Å²) in [4.78, 5) is 2.25. The molecule has 0 atom stereocenters. The SMILES string of the molecule is CC(C)(c1cn(CCC(C)(C)C(F)(F)F)nn1)N1CCOCC1. The Labute approximate surface area is 134 Å². The average molecular weight is 334 g/mol. The van der Waals surface area contributed by atoms with Crippen molar-refractivity contribution in [2.24, 2.45) is 5.41 Å². The lowest BCUT2D eigenvalue weighted by atomic mass is 9.88. The van der Waals surface area contributed by atoms with Crippen molar-refractivity contribution in [3.8, 4) is 0 Å². The highest BCUT2D eigenvalue weighted by Crippen LogP contribution is 2.40. The summed E-state index contributed by atoms with van der Waals surface area (Å²) >= 11 is 0. The van der Waals surface area contributed by atoms with E-state index >= 15 is 0 Å². The van der Waals surface area contributed by atoms with E-state index in [2.05, 4.69) is 15.2 Å². The molecule has 0 N–H and O–H groups in total. The molecule has 23 heavy (non-hydrogen) atoms. The predicted molar refractivity (Wildman–Crippen MR) is 79.9 cm³/mol. The summed E-state index contributed by atoms with van der Waals surface area (Å²) < 4.78 is 45.6. The lowest BCUT2D eigenvalue weighted by molar-refractivity contribution is -0.214. The average Bonchev–Trinajstić information content (AvgIpc) is 2.95. The van der Waals surface area contributed by atoms with E-state index in [0.29, 0.717) is 13.2 Å². The van der Waals surface area contributed by atoms with Crippen LogP contribution in [0.1, 0.15) is 39.8 Å². The number of ether oxygens (including phenoxy) is 1. The van der Waals surface area contributed by atoms with E-state index in [1.807, 2.05) is 13.8 Å². The fraction of sp³-hybridized carbons (Fsp3) is 0.867. The molecule has 2 heterocycles. The summed E-state index contributed by atoms with van der Waals surface area (Å²) in [6.07, 6.45) is -2.50. The third kappa shape index (κ3) is 4.03. The Morgan fingerprint density at radius 1 is 1.13 bits per heavy atom. The molecule has 0 aliphatic carbocycles. The molecule has 0 amide bonds. The van der Waals surface area contributed by atoms with Crippen LogP contribution in [-0.4, -0.2) is 52.4 Å². The van der Waals surface area contributed by atoms with Crippen molar-refractivity contribution in [2.45, 2.75) is 52.4 Å². The van der Waals surface area contributed by atoms with Crippen molar-refractivity contribution >= 4 is 0 Å². The molecule has 0 bridgehead atoms. The minimum Gasteiger partial charge on any atom is -0.379 e. The van der Waals surface area contributed by atoms with Crippen molar-refractivity contribution in [2.75, 3.05) is 26.3 Å². The fourth-order valence-electron chi connectivity index (χ4n) is 2.51. The topological polar surface area (TPSA) is 43.2 Å². The molecule has 1 fully saturated rings. The molecule has 1 aromatic rings. The third-order valence-electron chi connectivity index (χ3n) is 4.70. The molecule has 0 radical (unpaired) electrons. The van der Waals surface area contributed by atoms with Gasteiger partial charge >= 0.3 is 6.18 Å². The highest BCUT2D eigenvalue weighted by Gasteiger charge is 2.46. The Balaban J connectivity index is 2.03. The quantitative estimate of drug-likeness (QED) is 0.830. The van der Waals surface area contributed by atoms with Crippen molar-refractivity contribution in [1.82, 2.24) is 19.9 Å². The summed E-state index contributed by atoms with van der Waals surface area (Å²) in [5.41, 5.74) is -1.29. The molecule has 1 aliphatic heterocycles. The van der Waals surface area contributed by atoms with E-state index < -0.39 is 11.6 Å². The maximum atomic E-state index is 12.9. The normalized spacial score (nSPS) is 18.4. The first-order valence-corrected chi connectivity index (χ1v) is 7.84. The van der Waals surface area contributed by atoms with E-state index in [4.69, 9.17) is 4.74 Å². The largest absolute Gasteiger partial charge is 0.394 e. The number of nitrogens with zero attached hydrogens (tertiary/aromatic N) is 4. The Kier molecular flexibility index (Phi) is 5.06. The van der Waals surface area contributed by atoms with Crippen LogP contribution in [0.15, 0.2) is 6.20 Å². The number of aromatic nitrogens is 3. The van der Waals surface area contributed by atoms with Gasteiger partial charge in [0, 0.05) is 19.6 Å². The van der Waals surface area contributed by atoms with E-state index in [9.17, 15) is 13.2 Å². The van der Waals surface area contributed by atoms with E-state index in [0.717, 1.165) is 18.8 Å². The Bertz CT molecular complexity index is 519. The predicted octanol–water partition coefficient (Wildman–Crippen LogP) is 2.82. The second kappa shape index (κ2) is 6.39. The van der Waals surface area contributed by atoms with Gasteiger partial charge in [0.1, 0.15) is 5.69 Å². The summed E-state index contributed by atoms with van der Waals surface area (Å²) in [6, 6.07) is 0. The van der Waals surface area contributed by atoms with Crippen LogP contribution in [-0.2, 0) is 16.8 Å². The van der Waals surface area contributed by atoms with Crippen LogP contribution >= 0.6 is 0 Å². The highest BCUT2D eigenvalue weighted by molar-refractivity contribution is 5.08.